The summed E-state index contributed by atoms with van der Waals surface area (Å²) in [7, 11) is 0. The van der Waals surface area contributed by atoms with E-state index in [1.807, 2.05) is 24.3 Å². The van der Waals surface area contributed by atoms with E-state index in [4.69, 9.17) is 5.73 Å². The van der Waals surface area contributed by atoms with E-state index in [2.05, 4.69) is 47.6 Å². The molecule has 0 aromatic heterocycles. The van der Waals surface area contributed by atoms with Gasteiger partial charge >= 0.3 is 0 Å². The minimum absolute atomic E-state index is 0.334. The number of likely N-dealkylation sites (tertiary alicyclic amines) is 1. The van der Waals surface area contributed by atoms with Gasteiger partial charge in [-0.1, -0.05) is 48.6 Å². The zero-order chi connectivity index (χ0) is 22.3. The first-order valence-electron chi connectivity index (χ1n) is 12.1. The largest absolute Gasteiger partial charge is 0.371 e. The Morgan fingerprint density at radius 2 is 1.66 bits per heavy atom. The van der Waals surface area contributed by atoms with Crippen molar-refractivity contribution in [3.8, 4) is 0 Å². The van der Waals surface area contributed by atoms with Gasteiger partial charge in [0.25, 0.3) is 5.91 Å². The molecule has 1 spiro atoms. The summed E-state index contributed by atoms with van der Waals surface area (Å²) in [4.78, 5) is 17.0. The third kappa shape index (κ3) is 3.75. The lowest BCUT2D eigenvalue weighted by Gasteiger charge is -2.56. The Morgan fingerprint density at radius 3 is 2.34 bits per heavy atom. The van der Waals surface area contributed by atoms with Crippen LogP contribution in [0, 0.1) is 5.41 Å². The van der Waals surface area contributed by atoms with E-state index >= 15 is 0 Å². The van der Waals surface area contributed by atoms with E-state index in [1.54, 1.807) is 0 Å². The first-order chi connectivity index (χ1) is 15.5. The number of carbonyl (C=O) groups is 1. The Bertz CT molecular complexity index is 1010. The van der Waals surface area contributed by atoms with E-state index in [0.717, 1.165) is 18.8 Å². The molecule has 2 aromatic carbocycles. The summed E-state index contributed by atoms with van der Waals surface area (Å²) < 4.78 is 0. The van der Waals surface area contributed by atoms with E-state index in [0.29, 0.717) is 23.1 Å². The SMILES string of the molecule is C=C(C)c1ccccc1[C@@H]1CCCN1C1CC2(CCN(c3ccccc3C(N)=O)CC2)C1. The van der Waals surface area contributed by atoms with Gasteiger partial charge in [-0.3, -0.25) is 9.69 Å². The highest BCUT2D eigenvalue weighted by Gasteiger charge is 2.50. The number of carbonyl (C=O) groups excluding carboxylic acids is 1. The summed E-state index contributed by atoms with van der Waals surface area (Å²) in [5.74, 6) is -0.334. The number of rotatable bonds is 5. The number of hydrogen-bond acceptors (Lipinski definition) is 3. The maximum absolute atomic E-state index is 11.8. The Kier molecular flexibility index (Phi) is 5.58. The first-order valence-corrected chi connectivity index (χ1v) is 12.1. The summed E-state index contributed by atoms with van der Waals surface area (Å²) in [6.07, 6.45) is 7.57. The van der Waals surface area contributed by atoms with Gasteiger partial charge in [-0.15, -0.1) is 0 Å². The number of hydrogen-bond donors (Lipinski definition) is 1. The molecule has 168 valence electrons. The number of primary amides is 1. The smallest absolute Gasteiger partial charge is 0.250 e. The number of allylic oxidation sites excluding steroid dienone is 1. The lowest BCUT2D eigenvalue weighted by Crippen LogP contribution is -2.55. The molecule has 4 nitrogen and oxygen atoms in total. The van der Waals surface area contributed by atoms with Crippen molar-refractivity contribution in [1.29, 1.82) is 0 Å². The Labute approximate surface area is 192 Å². The predicted octanol–water partition coefficient (Wildman–Crippen LogP) is 5.40. The molecule has 3 aliphatic rings. The molecule has 0 radical (unpaired) electrons. The molecule has 1 atom stereocenters. The number of nitrogens with two attached hydrogens (primary N) is 1. The molecule has 1 saturated carbocycles. The molecule has 1 amide bonds. The van der Waals surface area contributed by atoms with Crippen LogP contribution in [0.5, 0.6) is 0 Å². The fourth-order valence-corrected chi connectivity index (χ4v) is 6.50. The molecule has 2 heterocycles. The number of para-hydroxylation sites is 1. The number of amides is 1. The molecule has 0 unspecified atom stereocenters. The lowest BCUT2D eigenvalue weighted by atomic mass is 9.59. The van der Waals surface area contributed by atoms with Crippen LogP contribution in [0.1, 0.15) is 73.0 Å². The van der Waals surface area contributed by atoms with Crippen molar-refractivity contribution in [3.63, 3.8) is 0 Å². The molecule has 3 fully saturated rings. The minimum Gasteiger partial charge on any atom is -0.371 e. The van der Waals surface area contributed by atoms with Crippen LogP contribution < -0.4 is 10.6 Å². The molecule has 1 aliphatic carbocycles. The van der Waals surface area contributed by atoms with Crippen molar-refractivity contribution in [2.24, 2.45) is 11.1 Å². The summed E-state index contributed by atoms with van der Waals surface area (Å²) in [5.41, 5.74) is 11.7. The summed E-state index contributed by atoms with van der Waals surface area (Å²) in [5, 5.41) is 0. The van der Waals surface area contributed by atoms with Crippen LogP contribution in [0.3, 0.4) is 0 Å². The normalized spacial score (nSPS) is 23.3. The van der Waals surface area contributed by atoms with Crippen LogP contribution >= 0.6 is 0 Å². The Balaban J connectivity index is 1.24. The zero-order valence-electron chi connectivity index (χ0n) is 19.2. The molecular formula is C28H35N3O. The third-order valence-electron chi connectivity index (χ3n) is 8.21. The van der Waals surface area contributed by atoms with E-state index in [9.17, 15) is 4.79 Å². The quantitative estimate of drug-likeness (QED) is 0.692. The molecule has 2 saturated heterocycles. The minimum atomic E-state index is -0.334. The van der Waals surface area contributed by atoms with Gasteiger partial charge in [0.05, 0.1) is 5.56 Å². The molecule has 5 rings (SSSR count). The molecule has 2 aliphatic heterocycles. The van der Waals surface area contributed by atoms with Gasteiger partial charge < -0.3 is 10.6 Å². The van der Waals surface area contributed by atoms with Gasteiger partial charge in [0.2, 0.25) is 0 Å². The van der Waals surface area contributed by atoms with Crippen molar-refractivity contribution >= 4 is 17.2 Å². The third-order valence-corrected chi connectivity index (χ3v) is 8.21. The second kappa shape index (κ2) is 8.40. The number of benzene rings is 2. The van der Waals surface area contributed by atoms with Crippen LogP contribution in [0.15, 0.2) is 55.1 Å². The van der Waals surface area contributed by atoms with Crippen molar-refractivity contribution in [3.05, 3.63) is 71.8 Å². The van der Waals surface area contributed by atoms with Crippen molar-refractivity contribution in [1.82, 2.24) is 4.90 Å². The van der Waals surface area contributed by atoms with E-state index in [1.165, 1.54) is 61.8 Å². The van der Waals surface area contributed by atoms with Crippen LogP contribution in [-0.4, -0.2) is 36.5 Å². The lowest BCUT2D eigenvalue weighted by molar-refractivity contribution is -0.0226. The topological polar surface area (TPSA) is 49.6 Å². The van der Waals surface area contributed by atoms with Crippen LogP contribution in [-0.2, 0) is 0 Å². The van der Waals surface area contributed by atoms with Gasteiger partial charge in [-0.25, -0.2) is 0 Å². The van der Waals surface area contributed by atoms with Crippen LogP contribution in [0.25, 0.3) is 5.57 Å². The van der Waals surface area contributed by atoms with E-state index < -0.39 is 0 Å². The van der Waals surface area contributed by atoms with Crippen molar-refractivity contribution in [2.45, 2.75) is 57.5 Å². The van der Waals surface area contributed by atoms with Gasteiger partial charge in [0.1, 0.15) is 0 Å². The molecule has 2 aromatic rings. The van der Waals surface area contributed by atoms with Crippen LogP contribution in [0.4, 0.5) is 5.69 Å². The fraction of sp³-hybridized carbons (Fsp3) is 0.464. The monoisotopic (exact) mass is 429 g/mol. The van der Waals surface area contributed by atoms with E-state index in [-0.39, 0.29) is 5.91 Å². The maximum atomic E-state index is 11.8. The van der Waals surface area contributed by atoms with Crippen molar-refractivity contribution < 1.29 is 4.79 Å². The van der Waals surface area contributed by atoms with Gasteiger partial charge in [-0.05, 0) is 80.7 Å². The molecular weight excluding hydrogens is 394 g/mol. The average molecular weight is 430 g/mol. The van der Waals surface area contributed by atoms with Gasteiger partial charge in [-0.2, -0.15) is 0 Å². The number of nitrogens with zero attached hydrogens (tertiary/aromatic N) is 2. The second-order valence-corrected chi connectivity index (χ2v) is 10.2. The van der Waals surface area contributed by atoms with Gasteiger partial charge in [0, 0.05) is 30.9 Å². The molecule has 2 N–H and O–H groups in total. The Hall–Kier alpha value is -2.59. The molecule has 0 bridgehead atoms. The average Bonchev–Trinajstić information content (AvgIpc) is 3.27. The molecule has 4 heteroatoms. The maximum Gasteiger partial charge on any atom is 0.250 e. The number of anilines is 1. The number of piperidine rings is 1. The standard InChI is InChI=1S/C28H35N3O/c1-20(2)22-8-3-4-9-23(22)26-12-7-15-31(26)21-18-28(19-21)13-16-30(17-14-28)25-11-6-5-10-24(25)27(29)32/h3-6,8-11,21,26H,1,7,12-19H2,2H3,(H2,29,32)/t26-/m0/s1. The fourth-order valence-electron chi connectivity index (χ4n) is 6.50. The summed E-state index contributed by atoms with van der Waals surface area (Å²) >= 11 is 0. The van der Waals surface area contributed by atoms with Crippen LogP contribution in [0.2, 0.25) is 0 Å². The van der Waals surface area contributed by atoms with Crippen molar-refractivity contribution in [2.75, 3.05) is 24.5 Å². The first kappa shape index (κ1) is 21.3. The predicted molar refractivity (Wildman–Crippen MR) is 132 cm³/mol. The van der Waals surface area contributed by atoms with Gasteiger partial charge in [0.15, 0.2) is 0 Å². The molecule has 32 heavy (non-hydrogen) atoms. The highest BCUT2D eigenvalue weighted by atomic mass is 16.1. The zero-order valence-corrected chi connectivity index (χ0v) is 19.2. The highest BCUT2D eigenvalue weighted by Crippen LogP contribution is 2.54. The Morgan fingerprint density at radius 1 is 1.00 bits per heavy atom. The second-order valence-electron chi connectivity index (χ2n) is 10.2. The summed E-state index contributed by atoms with van der Waals surface area (Å²) in [6.45, 7) is 9.59. The highest BCUT2D eigenvalue weighted by molar-refractivity contribution is 5.98. The summed E-state index contributed by atoms with van der Waals surface area (Å²) in [6, 6.07) is 17.9.